The van der Waals surface area contributed by atoms with E-state index in [-0.39, 0.29) is 6.04 Å². The third-order valence-electron chi connectivity index (χ3n) is 3.48. The zero-order chi connectivity index (χ0) is 14.5. The number of ether oxygens (including phenoxy) is 1. The van der Waals surface area contributed by atoms with Crippen molar-refractivity contribution in [1.29, 1.82) is 0 Å². The first-order valence-corrected chi connectivity index (χ1v) is 7.18. The molecule has 0 saturated heterocycles. The van der Waals surface area contributed by atoms with Gasteiger partial charge in [0.05, 0.1) is 0 Å². The average Bonchev–Trinajstić information content (AvgIpc) is 2.42. The molecule has 0 spiro atoms. The quantitative estimate of drug-likeness (QED) is 0.874. The molecule has 0 bridgehead atoms. The molecule has 0 aliphatic carbocycles. The molecular weight excluding hydrogens is 246 g/mol. The second kappa shape index (κ2) is 6.58. The van der Waals surface area contributed by atoms with Crippen LogP contribution in [0.1, 0.15) is 30.0 Å². The fraction of sp³-hybridized carbons (Fsp3) is 0.333. The minimum Gasteiger partial charge on any atom is -0.457 e. The molecule has 2 aromatic carbocycles. The summed E-state index contributed by atoms with van der Waals surface area (Å²) in [6.07, 6.45) is 1.92. The molecule has 2 rings (SSSR count). The lowest BCUT2D eigenvalue weighted by Gasteiger charge is -2.13. The highest BCUT2D eigenvalue weighted by molar-refractivity contribution is 5.40. The van der Waals surface area contributed by atoms with Crippen LogP contribution in [0, 0.1) is 13.8 Å². The number of rotatable bonds is 5. The Morgan fingerprint density at radius 2 is 1.90 bits per heavy atom. The van der Waals surface area contributed by atoms with Crippen LogP contribution in [0.5, 0.6) is 11.5 Å². The largest absolute Gasteiger partial charge is 0.457 e. The van der Waals surface area contributed by atoms with E-state index in [1.54, 1.807) is 0 Å². The predicted octanol–water partition coefficient (Wildman–Crippen LogP) is 4.38. The van der Waals surface area contributed by atoms with E-state index < -0.39 is 0 Å². The van der Waals surface area contributed by atoms with E-state index in [0.717, 1.165) is 29.9 Å². The lowest BCUT2D eigenvalue weighted by Crippen LogP contribution is -2.21. The van der Waals surface area contributed by atoms with Crippen LogP contribution in [0.25, 0.3) is 0 Å². The molecular formula is C18H23NO. The van der Waals surface area contributed by atoms with Crippen molar-refractivity contribution in [2.24, 2.45) is 5.73 Å². The molecule has 0 amide bonds. The van der Waals surface area contributed by atoms with E-state index in [0.29, 0.717) is 0 Å². The molecule has 0 heterocycles. The molecule has 1 unspecified atom stereocenters. The molecule has 106 valence electrons. The Labute approximate surface area is 121 Å². The SMILES string of the molecule is CCC(N)Cc1ccc(Oc2cccc(C)c2)c(C)c1. The van der Waals surface area contributed by atoms with Crippen LogP contribution < -0.4 is 10.5 Å². The predicted molar refractivity (Wildman–Crippen MR) is 84.4 cm³/mol. The summed E-state index contributed by atoms with van der Waals surface area (Å²) in [5.74, 6) is 1.79. The molecule has 0 saturated carbocycles. The molecule has 1 atom stereocenters. The molecule has 0 aliphatic rings. The van der Waals surface area contributed by atoms with Crippen molar-refractivity contribution in [1.82, 2.24) is 0 Å². The van der Waals surface area contributed by atoms with Crippen molar-refractivity contribution in [3.63, 3.8) is 0 Å². The number of nitrogens with two attached hydrogens (primary N) is 1. The molecule has 2 aromatic rings. The van der Waals surface area contributed by atoms with Gasteiger partial charge in [0.15, 0.2) is 0 Å². The molecule has 2 nitrogen and oxygen atoms in total. The third kappa shape index (κ3) is 3.84. The summed E-state index contributed by atoms with van der Waals surface area (Å²) in [6.45, 7) is 6.26. The standard InChI is InChI=1S/C18H23NO/c1-4-16(19)12-15-8-9-18(14(3)11-15)20-17-7-5-6-13(2)10-17/h5-11,16H,4,12,19H2,1-3H3. The molecule has 0 radical (unpaired) electrons. The molecule has 0 aromatic heterocycles. The van der Waals surface area contributed by atoms with Crippen LogP contribution in [0.3, 0.4) is 0 Å². The van der Waals surface area contributed by atoms with E-state index in [1.165, 1.54) is 11.1 Å². The normalized spacial score (nSPS) is 12.2. The van der Waals surface area contributed by atoms with E-state index >= 15 is 0 Å². The Bertz CT molecular complexity index is 577. The first-order chi connectivity index (χ1) is 9.58. The fourth-order valence-electron chi connectivity index (χ4n) is 2.21. The number of aryl methyl sites for hydroxylation is 2. The highest BCUT2D eigenvalue weighted by atomic mass is 16.5. The number of hydrogen-bond donors (Lipinski definition) is 1. The van der Waals surface area contributed by atoms with Gasteiger partial charge < -0.3 is 10.5 Å². The van der Waals surface area contributed by atoms with E-state index in [9.17, 15) is 0 Å². The Morgan fingerprint density at radius 1 is 1.10 bits per heavy atom. The van der Waals surface area contributed by atoms with Crippen LogP contribution in [-0.2, 0) is 6.42 Å². The maximum Gasteiger partial charge on any atom is 0.130 e. The van der Waals surface area contributed by atoms with Gasteiger partial charge in [-0.1, -0.05) is 31.2 Å². The van der Waals surface area contributed by atoms with Crippen LogP contribution >= 0.6 is 0 Å². The van der Waals surface area contributed by atoms with Gasteiger partial charge in [0.2, 0.25) is 0 Å². The van der Waals surface area contributed by atoms with Crippen molar-refractivity contribution >= 4 is 0 Å². The summed E-state index contributed by atoms with van der Waals surface area (Å²) in [4.78, 5) is 0. The van der Waals surface area contributed by atoms with Crippen LogP contribution in [0.15, 0.2) is 42.5 Å². The Balaban J connectivity index is 2.13. The smallest absolute Gasteiger partial charge is 0.130 e. The maximum absolute atomic E-state index is 6.00. The van der Waals surface area contributed by atoms with Gasteiger partial charge in [0.1, 0.15) is 11.5 Å². The van der Waals surface area contributed by atoms with Crippen molar-refractivity contribution in [3.8, 4) is 11.5 Å². The zero-order valence-electron chi connectivity index (χ0n) is 12.5. The van der Waals surface area contributed by atoms with Crippen molar-refractivity contribution in [2.75, 3.05) is 0 Å². The fourth-order valence-corrected chi connectivity index (χ4v) is 2.21. The minimum atomic E-state index is 0.234. The zero-order valence-corrected chi connectivity index (χ0v) is 12.5. The highest BCUT2D eigenvalue weighted by Crippen LogP contribution is 2.26. The molecule has 0 fully saturated rings. The molecule has 0 aliphatic heterocycles. The molecule has 2 N–H and O–H groups in total. The second-order valence-corrected chi connectivity index (χ2v) is 5.39. The van der Waals surface area contributed by atoms with Gasteiger partial charge in [-0.05, 0) is 61.6 Å². The molecule has 2 heteroatoms. The first-order valence-electron chi connectivity index (χ1n) is 7.18. The third-order valence-corrected chi connectivity index (χ3v) is 3.48. The highest BCUT2D eigenvalue weighted by Gasteiger charge is 2.06. The minimum absolute atomic E-state index is 0.234. The van der Waals surface area contributed by atoms with Gasteiger partial charge in [0, 0.05) is 6.04 Å². The summed E-state index contributed by atoms with van der Waals surface area (Å²) < 4.78 is 5.95. The topological polar surface area (TPSA) is 35.2 Å². The van der Waals surface area contributed by atoms with Crippen molar-refractivity contribution < 1.29 is 4.74 Å². The van der Waals surface area contributed by atoms with Crippen molar-refractivity contribution in [3.05, 3.63) is 59.2 Å². The van der Waals surface area contributed by atoms with E-state index in [2.05, 4.69) is 39.0 Å². The lowest BCUT2D eigenvalue weighted by molar-refractivity contribution is 0.478. The average molecular weight is 269 g/mol. The lowest BCUT2D eigenvalue weighted by atomic mass is 10.0. The van der Waals surface area contributed by atoms with Gasteiger partial charge in [-0.15, -0.1) is 0 Å². The van der Waals surface area contributed by atoms with Crippen molar-refractivity contribution in [2.45, 2.75) is 39.7 Å². The summed E-state index contributed by atoms with van der Waals surface area (Å²) in [7, 11) is 0. The number of benzene rings is 2. The summed E-state index contributed by atoms with van der Waals surface area (Å²) >= 11 is 0. The summed E-state index contributed by atoms with van der Waals surface area (Å²) in [5, 5.41) is 0. The van der Waals surface area contributed by atoms with Crippen LogP contribution in [0.4, 0.5) is 0 Å². The van der Waals surface area contributed by atoms with Crippen LogP contribution in [0.2, 0.25) is 0 Å². The first kappa shape index (κ1) is 14.6. The number of hydrogen-bond acceptors (Lipinski definition) is 2. The summed E-state index contributed by atoms with van der Waals surface area (Å²) in [6, 6.07) is 14.6. The molecule has 20 heavy (non-hydrogen) atoms. The summed E-state index contributed by atoms with van der Waals surface area (Å²) in [5.41, 5.74) is 9.62. The Morgan fingerprint density at radius 3 is 2.55 bits per heavy atom. The Kier molecular flexibility index (Phi) is 4.80. The van der Waals surface area contributed by atoms with Gasteiger partial charge in [-0.25, -0.2) is 0 Å². The van der Waals surface area contributed by atoms with Crippen LogP contribution in [-0.4, -0.2) is 6.04 Å². The Hall–Kier alpha value is -1.80. The van der Waals surface area contributed by atoms with Gasteiger partial charge in [-0.3, -0.25) is 0 Å². The van der Waals surface area contributed by atoms with Gasteiger partial charge >= 0.3 is 0 Å². The van der Waals surface area contributed by atoms with E-state index in [1.807, 2.05) is 24.3 Å². The van der Waals surface area contributed by atoms with Gasteiger partial charge in [0.25, 0.3) is 0 Å². The second-order valence-electron chi connectivity index (χ2n) is 5.39. The monoisotopic (exact) mass is 269 g/mol. The van der Waals surface area contributed by atoms with Gasteiger partial charge in [-0.2, -0.15) is 0 Å². The maximum atomic E-state index is 6.00. The van der Waals surface area contributed by atoms with E-state index in [4.69, 9.17) is 10.5 Å².